The van der Waals surface area contributed by atoms with E-state index >= 15 is 0 Å². The van der Waals surface area contributed by atoms with Gasteiger partial charge in [-0.1, -0.05) is 0 Å². The highest BCUT2D eigenvalue weighted by atomic mass is 35.5. The molecule has 0 heterocycles. The summed E-state index contributed by atoms with van der Waals surface area (Å²) in [6.45, 7) is 0. The summed E-state index contributed by atoms with van der Waals surface area (Å²) in [5.74, 6) is -0.0617. The zero-order chi connectivity index (χ0) is 17.0. The SMILES string of the molecule is CS(=O)(=O)c1ccc(Oc2ccc(N=C(N)CCl)cc2)c(F)c1. The number of alkyl halides is 1. The third kappa shape index (κ3) is 4.67. The Bertz CT molecular complexity index is 836. The lowest BCUT2D eigenvalue weighted by atomic mass is 10.3. The average Bonchev–Trinajstić information content (AvgIpc) is 2.50. The van der Waals surface area contributed by atoms with Crippen LogP contribution >= 0.6 is 11.6 Å². The molecule has 0 amide bonds. The number of aliphatic imine (C=N–C) groups is 1. The van der Waals surface area contributed by atoms with Gasteiger partial charge in [0.1, 0.15) is 11.6 Å². The van der Waals surface area contributed by atoms with Gasteiger partial charge in [-0.25, -0.2) is 17.8 Å². The van der Waals surface area contributed by atoms with Gasteiger partial charge in [0.2, 0.25) is 0 Å². The topological polar surface area (TPSA) is 81.8 Å². The zero-order valence-corrected chi connectivity index (χ0v) is 13.7. The predicted molar refractivity (Wildman–Crippen MR) is 88.0 cm³/mol. The van der Waals surface area contributed by atoms with E-state index in [1.165, 1.54) is 12.1 Å². The molecule has 0 saturated heterocycles. The highest BCUT2D eigenvalue weighted by Gasteiger charge is 2.12. The van der Waals surface area contributed by atoms with Gasteiger partial charge in [0.05, 0.1) is 16.5 Å². The Hall–Kier alpha value is -2.12. The van der Waals surface area contributed by atoms with Gasteiger partial charge in [0, 0.05) is 6.26 Å². The van der Waals surface area contributed by atoms with Gasteiger partial charge in [0.25, 0.3) is 0 Å². The first-order valence-electron chi connectivity index (χ1n) is 6.46. The Labute approximate surface area is 138 Å². The van der Waals surface area contributed by atoms with Gasteiger partial charge in [-0.3, -0.25) is 0 Å². The minimum atomic E-state index is -3.47. The minimum absolute atomic E-state index is 0.0751. The molecule has 0 aliphatic heterocycles. The highest BCUT2D eigenvalue weighted by Crippen LogP contribution is 2.27. The number of halogens is 2. The van der Waals surface area contributed by atoms with Crippen molar-refractivity contribution in [1.29, 1.82) is 0 Å². The second-order valence-electron chi connectivity index (χ2n) is 4.70. The molecule has 122 valence electrons. The molecule has 2 aromatic carbocycles. The highest BCUT2D eigenvalue weighted by molar-refractivity contribution is 7.90. The van der Waals surface area contributed by atoms with E-state index in [9.17, 15) is 12.8 Å². The molecule has 2 N–H and O–H groups in total. The molecular weight excluding hydrogens is 343 g/mol. The first-order chi connectivity index (χ1) is 10.8. The molecule has 2 rings (SSSR count). The van der Waals surface area contributed by atoms with E-state index in [1.54, 1.807) is 24.3 Å². The third-order valence-electron chi connectivity index (χ3n) is 2.81. The first kappa shape index (κ1) is 17.2. The summed E-state index contributed by atoms with van der Waals surface area (Å²) in [5, 5.41) is 0. The Morgan fingerprint density at radius 3 is 2.43 bits per heavy atom. The molecule has 0 aliphatic rings. The van der Waals surface area contributed by atoms with Gasteiger partial charge in [0.15, 0.2) is 21.4 Å². The zero-order valence-electron chi connectivity index (χ0n) is 12.2. The quantitative estimate of drug-likeness (QED) is 0.506. The van der Waals surface area contributed by atoms with E-state index in [2.05, 4.69) is 4.99 Å². The summed E-state index contributed by atoms with van der Waals surface area (Å²) >= 11 is 5.54. The van der Waals surface area contributed by atoms with Gasteiger partial charge in [-0.2, -0.15) is 0 Å². The van der Waals surface area contributed by atoms with Crippen LogP contribution in [0.25, 0.3) is 0 Å². The van der Waals surface area contributed by atoms with Crippen LogP contribution in [0.2, 0.25) is 0 Å². The van der Waals surface area contributed by atoms with Crippen molar-refractivity contribution in [2.75, 3.05) is 12.1 Å². The normalized spacial score (nSPS) is 12.2. The standard InChI is InChI=1S/C15H14ClFN2O3S/c1-23(20,21)12-6-7-14(13(17)8-12)22-11-4-2-10(3-5-11)19-15(18)9-16/h2-8H,9H2,1H3,(H2,18,19). The molecule has 23 heavy (non-hydrogen) atoms. The Kier molecular flexibility index (Phi) is 5.23. The number of sulfone groups is 1. The van der Waals surface area contributed by atoms with Crippen LogP contribution in [0.3, 0.4) is 0 Å². The van der Waals surface area contributed by atoms with Crippen molar-refractivity contribution in [2.24, 2.45) is 10.7 Å². The van der Waals surface area contributed by atoms with Gasteiger partial charge < -0.3 is 10.5 Å². The van der Waals surface area contributed by atoms with Gasteiger partial charge >= 0.3 is 0 Å². The van der Waals surface area contributed by atoms with Crippen molar-refractivity contribution >= 4 is 33.0 Å². The van der Waals surface area contributed by atoms with E-state index in [-0.39, 0.29) is 22.4 Å². The lowest BCUT2D eigenvalue weighted by Crippen LogP contribution is -2.12. The Morgan fingerprint density at radius 1 is 1.26 bits per heavy atom. The summed E-state index contributed by atoms with van der Waals surface area (Å²) < 4.78 is 42.0. The average molecular weight is 357 g/mol. The van der Waals surface area contributed by atoms with Crippen LogP contribution in [0, 0.1) is 5.82 Å². The summed E-state index contributed by atoms with van der Waals surface area (Å²) in [7, 11) is -3.47. The molecule has 0 atom stereocenters. The van der Waals surface area contributed by atoms with E-state index in [0.717, 1.165) is 12.3 Å². The fourth-order valence-corrected chi connectivity index (χ4v) is 2.40. The molecule has 0 spiro atoms. The van der Waals surface area contributed by atoms with Crippen molar-refractivity contribution in [2.45, 2.75) is 4.90 Å². The van der Waals surface area contributed by atoms with E-state index in [4.69, 9.17) is 22.1 Å². The van der Waals surface area contributed by atoms with Gasteiger partial charge in [-0.05, 0) is 42.5 Å². The molecule has 0 bridgehead atoms. The molecule has 0 fully saturated rings. The van der Waals surface area contributed by atoms with Crippen LogP contribution in [0.1, 0.15) is 0 Å². The number of amidine groups is 1. The number of benzene rings is 2. The molecule has 0 aliphatic carbocycles. The van der Waals surface area contributed by atoms with E-state index < -0.39 is 15.7 Å². The first-order valence-corrected chi connectivity index (χ1v) is 8.88. The minimum Gasteiger partial charge on any atom is -0.454 e. The summed E-state index contributed by atoms with van der Waals surface area (Å²) in [6.07, 6.45) is 1.01. The number of nitrogens with zero attached hydrogens (tertiary/aromatic N) is 1. The summed E-state index contributed by atoms with van der Waals surface area (Å²) in [6, 6.07) is 9.92. The van der Waals surface area contributed by atoms with Crippen LogP contribution in [0.5, 0.6) is 11.5 Å². The fourth-order valence-electron chi connectivity index (χ4n) is 1.71. The smallest absolute Gasteiger partial charge is 0.175 e. The molecule has 0 saturated carbocycles. The lowest BCUT2D eigenvalue weighted by Gasteiger charge is -2.08. The van der Waals surface area contributed by atoms with Crippen LogP contribution < -0.4 is 10.5 Å². The molecular formula is C15H14ClFN2O3S. The Morgan fingerprint density at radius 2 is 1.91 bits per heavy atom. The number of rotatable bonds is 5. The molecule has 0 aromatic heterocycles. The maximum atomic E-state index is 13.9. The van der Waals surface area contributed by atoms with Crippen molar-refractivity contribution < 1.29 is 17.5 Å². The molecule has 2 aromatic rings. The molecule has 0 radical (unpaired) electrons. The fraction of sp³-hybridized carbons (Fsp3) is 0.133. The summed E-state index contributed by atoms with van der Waals surface area (Å²) in [5.41, 5.74) is 6.11. The Balaban J connectivity index is 2.20. The van der Waals surface area contributed by atoms with Crippen molar-refractivity contribution in [3.63, 3.8) is 0 Å². The second-order valence-corrected chi connectivity index (χ2v) is 6.98. The molecule has 5 nitrogen and oxygen atoms in total. The molecule has 8 heteroatoms. The van der Waals surface area contributed by atoms with Crippen LogP contribution in [-0.4, -0.2) is 26.4 Å². The number of hydrogen-bond donors (Lipinski definition) is 1. The van der Waals surface area contributed by atoms with Crippen LogP contribution in [0.4, 0.5) is 10.1 Å². The predicted octanol–water partition coefficient (Wildman–Crippen LogP) is 3.25. The second kappa shape index (κ2) is 6.97. The van der Waals surface area contributed by atoms with E-state index in [1.807, 2.05) is 0 Å². The number of nitrogens with two attached hydrogens (primary N) is 1. The van der Waals surface area contributed by atoms with Crippen molar-refractivity contribution in [3.8, 4) is 11.5 Å². The van der Waals surface area contributed by atoms with E-state index in [0.29, 0.717) is 11.4 Å². The molecule has 0 unspecified atom stereocenters. The lowest BCUT2D eigenvalue weighted by molar-refractivity contribution is 0.441. The maximum absolute atomic E-state index is 13.9. The summed E-state index contributed by atoms with van der Waals surface area (Å²) in [4.78, 5) is 3.94. The maximum Gasteiger partial charge on any atom is 0.175 e. The number of hydrogen-bond acceptors (Lipinski definition) is 4. The largest absolute Gasteiger partial charge is 0.454 e. The van der Waals surface area contributed by atoms with Crippen molar-refractivity contribution in [1.82, 2.24) is 0 Å². The monoisotopic (exact) mass is 356 g/mol. The third-order valence-corrected chi connectivity index (χ3v) is 4.19. The van der Waals surface area contributed by atoms with Gasteiger partial charge in [-0.15, -0.1) is 11.6 Å². The number of ether oxygens (including phenoxy) is 1. The van der Waals surface area contributed by atoms with Crippen LogP contribution in [0.15, 0.2) is 52.4 Å². The van der Waals surface area contributed by atoms with Crippen molar-refractivity contribution in [3.05, 3.63) is 48.3 Å². The van der Waals surface area contributed by atoms with Crippen LogP contribution in [-0.2, 0) is 9.84 Å².